The smallest absolute Gasteiger partial charge is 0.222 e. The second-order valence-corrected chi connectivity index (χ2v) is 7.74. The Balaban J connectivity index is 1.79. The van der Waals surface area contributed by atoms with Gasteiger partial charge in [-0.2, -0.15) is 0 Å². The minimum atomic E-state index is 0.138. The Bertz CT molecular complexity index is 886. The van der Waals surface area contributed by atoms with Crippen LogP contribution in [0.2, 0.25) is 0 Å². The standard InChI is InChI=1S/C26H31NO3/c1-4-26(28)27(19-24-11-8-18-29-24)17-16-25(21-9-6-5-7-10-21)22-12-14-23(15-13-22)30-20(2)3/h5-15,18,20,25H,4,16-17,19H2,1-3H3. The molecule has 0 bridgehead atoms. The Morgan fingerprint density at radius 2 is 1.67 bits per heavy atom. The summed E-state index contributed by atoms with van der Waals surface area (Å²) in [7, 11) is 0. The quantitative estimate of drug-likeness (QED) is 0.414. The molecule has 158 valence electrons. The molecule has 0 fully saturated rings. The normalized spacial score (nSPS) is 12.0. The van der Waals surface area contributed by atoms with Crippen LogP contribution < -0.4 is 4.74 Å². The molecule has 3 aromatic rings. The highest BCUT2D eigenvalue weighted by atomic mass is 16.5. The molecule has 0 N–H and O–H groups in total. The average molecular weight is 406 g/mol. The summed E-state index contributed by atoms with van der Waals surface area (Å²) in [5, 5.41) is 0. The van der Waals surface area contributed by atoms with Crippen molar-refractivity contribution in [1.82, 2.24) is 4.90 Å². The van der Waals surface area contributed by atoms with E-state index >= 15 is 0 Å². The van der Waals surface area contributed by atoms with Gasteiger partial charge in [0.05, 0.1) is 18.9 Å². The molecule has 0 aliphatic rings. The van der Waals surface area contributed by atoms with Crippen LogP contribution in [0.3, 0.4) is 0 Å². The fraction of sp³-hybridized carbons (Fsp3) is 0.346. The zero-order valence-corrected chi connectivity index (χ0v) is 18.1. The van der Waals surface area contributed by atoms with E-state index in [4.69, 9.17) is 9.15 Å². The van der Waals surface area contributed by atoms with E-state index in [1.165, 1.54) is 11.1 Å². The van der Waals surface area contributed by atoms with Gasteiger partial charge in [0.1, 0.15) is 11.5 Å². The lowest BCUT2D eigenvalue weighted by molar-refractivity contribution is -0.131. The van der Waals surface area contributed by atoms with Crippen LogP contribution in [-0.4, -0.2) is 23.5 Å². The van der Waals surface area contributed by atoms with E-state index in [1.807, 2.05) is 56.0 Å². The van der Waals surface area contributed by atoms with Crippen LogP contribution in [0.5, 0.6) is 5.75 Å². The van der Waals surface area contributed by atoms with E-state index in [9.17, 15) is 4.79 Å². The number of carbonyl (C=O) groups is 1. The molecule has 0 aliphatic heterocycles. The van der Waals surface area contributed by atoms with Crippen molar-refractivity contribution in [2.24, 2.45) is 0 Å². The number of benzene rings is 2. The van der Waals surface area contributed by atoms with Gasteiger partial charge < -0.3 is 14.1 Å². The summed E-state index contributed by atoms with van der Waals surface area (Å²) in [6, 6.07) is 22.6. The second-order valence-electron chi connectivity index (χ2n) is 7.74. The molecule has 0 saturated carbocycles. The zero-order valence-electron chi connectivity index (χ0n) is 18.1. The van der Waals surface area contributed by atoms with E-state index < -0.39 is 0 Å². The van der Waals surface area contributed by atoms with Crippen LogP contribution in [0.25, 0.3) is 0 Å². The molecular weight excluding hydrogens is 374 g/mol. The van der Waals surface area contributed by atoms with Gasteiger partial charge in [0, 0.05) is 18.9 Å². The number of ether oxygens (including phenoxy) is 1. The third-order valence-electron chi connectivity index (χ3n) is 5.13. The largest absolute Gasteiger partial charge is 0.491 e. The zero-order chi connectivity index (χ0) is 21.3. The van der Waals surface area contributed by atoms with Crippen molar-refractivity contribution in [3.63, 3.8) is 0 Å². The van der Waals surface area contributed by atoms with Crippen LogP contribution in [0.4, 0.5) is 0 Å². The lowest BCUT2D eigenvalue weighted by Crippen LogP contribution is -2.31. The minimum absolute atomic E-state index is 0.138. The van der Waals surface area contributed by atoms with Gasteiger partial charge in [-0.15, -0.1) is 0 Å². The molecular formula is C26H31NO3. The van der Waals surface area contributed by atoms with Crippen molar-refractivity contribution < 1.29 is 13.9 Å². The number of hydrogen-bond donors (Lipinski definition) is 0. The summed E-state index contributed by atoms with van der Waals surface area (Å²) in [4.78, 5) is 14.4. The SMILES string of the molecule is CCC(=O)N(CCC(c1ccccc1)c1ccc(OC(C)C)cc1)Cc1ccco1. The van der Waals surface area contributed by atoms with Crippen molar-refractivity contribution in [2.45, 2.75) is 52.2 Å². The fourth-order valence-electron chi connectivity index (χ4n) is 3.65. The lowest BCUT2D eigenvalue weighted by Gasteiger charge is -2.25. The third kappa shape index (κ3) is 5.99. The van der Waals surface area contributed by atoms with Gasteiger partial charge in [-0.05, 0) is 55.7 Å². The number of rotatable bonds is 10. The van der Waals surface area contributed by atoms with Crippen LogP contribution in [0.15, 0.2) is 77.4 Å². The maximum Gasteiger partial charge on any atom is 0.222 e. The molecule has 0 saturated heterocycles. The van der Waals surface area contributed by atoms with E-state index in [1.54, 1.807) is 6.26 Å². The first kappa shape index (κ1) is 21.7. The fourth-order valence-corrected chi connectivity index (χ4v) is 3.65. The second kappa shape index (κ2) is 10.7. The Morgan fingerprint density at radius 1 is 0.967 bits per heavy atom. The minimum Gasteiger partial charge on any atom is -0.491 e. The van der Waals surface area contributed by atoms with Gasteiger partial charge in [-0.25, -0.2) is 0 Å². The van der Waals surface area contributed by atoms with Crippen molar-refractivity contribution in [2.75, 3.05) is 6.54 Å². The molecule has 1 atom stereocenters. The van der Waals surface area contributed by atoms with Gasteiger partial charge in [0.2, 0.25) is 5.91 Å². The molecule has 3 rings (SSSR count). The summed E-state index contributed by atoms with van der Waals surface area (Å²) >= 11 is 0. The van der Waals surface area contributed by atoms with Crippen LogP contribution in [0, 0.1) is 0 Å². The number of carbonyl (C=O) groups excluding carboxylic acids is 1. The first-order valence-electron chi connectivity index (χ1n) is 10.7. The van der Waals surface area contributed by atoms with E-state index in [-0.39, 0.29) is 17.9 Å². The summed E-state index contributed by atoms with van der Waals surface area (Å²) in [5.41, 5.74) is 2.47. The number of furan rings is 1. The molecule has 4 heteroatoms. The van der Waals surface area contributed by atoms with Crippen molar-refractivity contribution >= 4 is 5.91 Å². The van der Waals surface area contributed by atoms with Crippen molar-refractivity contribution in [3.8, 4) is 5.75 Å². The molecule has 2 aromatic carbocycles. The Kier molecular flexibility index (Phi) is 7.72. The highest BCUT2D eigenvalue weighted by Gasteiger charge is 2.19. The van der Waals surface area contributed by atoms with Gasteiger partial charge in [0.25, 0.3) is 0 Å². The predicted molar refractivity (Wildman–Crippen MR) is 120 cm³/mol. The molecule has 4 nitrogen and oxygen atoms in total. The molecule has 1 unspecified atom stereocenters. The Labute approximate surface area is 179 Å². The Morgan fingerprint density at radius 3 is 2.27 bits per heavy atom. The van der Waals surface area contributed by atoms with E-state index in [0.717, 1.165) is 17.9 Å². The molecule has 0 radical (unpaired) electrons. The highest BCUT2D eigenvalue weighted by Crippen LogP contribution is 2.30. The average Bonchev–Trinajstić information content (AvgIpc) is 3.27. The van der Waals surface area contributed by atoms with Gasteiger partial charge in [-0.1, -0.05) is 49.4 Å². The van der Waals surface area contributed by atoms with Gasteiger partial charge in [-0.3, -0.25) is 4.79 Å². The summed E-state index contributed by atoms with van der Waals surface area (Å²) in [6.45, 7) is 7.12. The van der Waals surface area contributed by atoms with Crippen LogP contribution in [-0.2, 0) is 11.3 Å². The van der Waals surface area contributed by atoms with Crippen molar-refractivity contribution in [1.29, 1.82) is 0 Å². The number of nitrogens with zero attached hydrogens (tertiary/aromatic N) is 1. The highest BCUT2D eigenvalue weighted by molar-refractivity contribution is 5.75. The molecule has 0 spiro atoms. The van der Waals surface area contributed by atoms with Crippen molar-refractivity contribution in [3.05, 3.63) is 89.9 Å². The lowest BCUT2D eigenvalue weighted by atomic mass is 9.88. The molecule has 1 aromatic heterocycles. The predicted octanol–water partition coefficient (Wildman–Crippen LogP) is 6.03. The summed E-state index contributed by atoms with van der Waals surface area (Å²) < 4.78 is 11.3. The first-order chi connectivity index (χ1) is 14.6. The molecule has 1 heterocycles. The molecule has 1 amide bonds. The summed E-state index contributed by atoms with van der Waals surface area (Å²) in [6.07, 6.45) is 3.12. The van der Waals surface area contributed by atoms with Crippen LogP contribution >= 0.6 is 0 Å². The monoisotopic (exact) mass is 405 g/mol. The Hall–Kier alpha value is -3.01. The summed E-state index contributed by atoms with van der Waals surface area (Å²) in [5.74, 6) is 2.02. The maximum absolute atomic E-state index is 12.5. The number of hydrogen-bond acceptors (Lipinski definition) is 3. The van der Waals surface area contributed by atoms with Gasteiger partial charge in [0.15, 0.2) is 0 Å². The van der Waals surface area contributed by atoms with E-state index in [2.05, 4.69) is 36.4 Å². The molecule has 0 aliphatic carbocycles. The van der Waals surface area contributed by atoms with Crippen LogP contribution in [0.1, 0.15) is 56.4 Å². The number of amides is 1. The third-order valence-corrected chi connectivity index (χ3v) is 5.13. The van der Waals surface area contributed by atoms with E-state index in [0.29, 0.717) is 19.5 Å². The van der Waals surface area contributed by atoms with Gasteiger partial charge >= 0.3 is 0 Å². The topological polar surface area (TPSA) is 42.7 Å². The molecule has 30 heavy (non-hydrogen) atoms. The maximum atomic E-state index is 12.5. The first-order valence-corrected chi connectivity index (χ1v) is 10.7.